The van der Waals surface area contributed by atoms with Crippen LogP contribution in [0.15, 0.2) is 6.20 Å². The number of nitrogens with zero attached hydrogens (tertiary/aromatic N) is 5. The molecule has 0 aliphatic carbocycles. The lowest BCUT2D eigenvalue weighted by Crippen LogP contribution is -2.46. The molecule has 1 aromatic rings. The monoisotopic (exact) mass is 252 g/mol. The molecule has 2 heterocycles. The summed E-state index contributed by atoms with van der Waals surface area (Å²) in [6, 6.07) is 0. The summed E-state index contributed by atoms with van der Waals surface area (Å²) >= 11 is 0. The van der Waals surface area contributed by atoms with Crippen molar-refractivity contribution in [2.75, 3.05) is 39.3 Å². The molecule has 0 saturated carbocycles. The van der Waals surface area contributed by atoms with Crippen LogP contribution in [0.3, 0.4) is 0 Å². The topological polar surface area (TPSA) is 63.2 Å². The molecule has 1 aliphatic heterocycles. The number of hydrogen-bond acceptors (Lipinski definition) is 5. The summed E-state index contributed by atoms with van der Waals surface area (Å²) in [6.07, 6.45) is 3.25. The maximum absolute atomic E-state index is 5.49. The second-order valence-corrected chi connectivity index (χ2v) is 4.88. The standard InChI is InChI=1S/C12H24N6/c1-2-4-16-6-8-17(9-7-16)10-12-11-18(5-3-13)15-14-12/h11H,2-10,13H2,1H3. The zero-order valence-electron chi connectivity index (χ0n) is 11.3. The molecule has 6 heteroatoms. The van der Waals surface area contributed by atoms with E-state index >= 15 is 0 Å². The number of nitrogens with two attached hydrogens (primary N) is 1. The van der Waals surface area contributed by atoms with Gasteiger partial charge in [0.25, 0.3) is 0 Å². The van der Waals surface area contributed by atoms with E-state index < -0.39 is 0 Å². The van der Waals surface area contributed by atoms with Crippen LogP contribution in [0.25, 0.3) is 0 Å². The van der Waals surface area contributed by atoms with E-state index in [2.05, 4.69) is 27.0 Å². The van der Waals surface area contributed by atoms with Crippen LogP contribution in [-0.2, 0) is 13.1 Å². The lowest BCUT2D eigenvalue weighted by Gasteiger charge is -2.33. The van der Waals surface area contributed by atoms with E-state index in [0.29, 0.717) is 6.54 Å². The van der Waals surface area contributed by atoms with Gasteiger partial charge in [0.2, 0.25) is 0 Å². The molecule has 1 fully saturated rings. The molecule has 0 aromatic carbocycles. The van der Waals surface area contributed by atoms with E-state index in [1.807, 2.05) is 10.9 Å². The van der Waals surface area contributed by atoms with Gasteiger partial charge in [-0.05, 0) is 13.0 Å². The summed E-state index contributed by atoms with van der Waals surface area (Å²) in [7, 11) is 0. The predicted octanol–water partition coefficient (Wildman–Crippen LogP) is -0.236. The first-order valence-electron chi connectivity index (χ1n) is 6.85. The molecule has 102 valence electrons. The van der Waals surface area contributed by atoms with Gasteiger partial charge in [-0.15, -0.1) is 5.10 Å². The highest BCUT2D eigenvalue weighted by molar-refractivity contribution is 4.93. The molecular formula is C12H24N6. The van der Waals surface area contributed by atoms with Crippen LogP contribution in [0.5, 0.6) is 0 Å². The average Bonchev–Trinajstić information content (AvgIpc) is 2.80. The second kappa shape index (κ2) is 6.82. The van der Waals surface area contributed by atoms with Gasteiger partial charge in [-0.3, -0.25) is 9.58 Å². The molecule has 6 nitrogen and oxygen atoms in total. The van der Waals surface area contributed by atoms with Crippen LogP contribution in [0, 0.1) is 0 Å². The van der Waals surface area contributed by atoms with Crippen LogP contribution < -0.4 is 5.73 Å². The van der Waals surface area contributed by atoms with Crippen molar-refractivity contribution in [1.29, 1.82) is 0 Å². The summed E-state index contributed by atoms with van der Waals surface area (Å²) < 4.78 is 1.82. The number of hydrogen-bond donors (Lipinski definition) is 1. The molecule has 0 spiro atoms. The molecule has 0 amide bonds. The van der Waals surface area contributed by atoms with Gasteiger partial charge in [0.15, 0.2) is 0 Å². The van der Waals surface area contributed by atoms with Crippen molar-refractivity contribution < 1.29 is 0 Å². The van der Waals surface area contributed by atoms with E-state index in [9.17, 15) is 0 Å². The Bertz CT molecular complexity index is 342. The van der Waals surface area contributed by atoms with Crippen LogP contribution in [0.1, 0.15) is 19.0 Å². The van der Waals surface area contributed by atoms with Gasteiger partial charge in [-0.2, -0.15) is 0 Å². The van der Waals surface area contributed by atoms with Gasteiger partial charge in [-0.25, -0.2) is 0 Å². The van der Waals surface area contributed by atoms with Crippen molar-refractivity contribution in [3.63, 3.8) is 0 Å². The third-order valence-electron chi connectivity index (χ3n) is 3.33. The Morgan fingerprint density at radius 2 is 1.89 bits per heavy atom. The van der Waals surface area contributed by atoms with Crippen molar-refractivity contribution in [3.8, 4) is 0 Å². The molecule has 0 atom stereocenters. The van der Waals surface area contributed by atoms with Crippen molar-refractivity contribution in [3.05, 3.63) is 11.9 Å². The SMILES string of the molecule is CCCN1CCN(Cc2cn(CCN)nn2)CC1. The number of rotatable bonds is 6. The Balaban J connectivity index is 1.76. The Morgan fingerprint density at radius 1 is 1.17 bits per heavy atom. The summed E-state index contributed by atoms with van der Waals surface area (Å²) in [6.45, 7) is 10.3. The zero-order valence-corrected chi connectivity index (χ0v) is 11.3. The molecule has 1 saturated heterocycles. The maximum atomic E-state index is 5.49. The lowest BCUT2D eigenvalue weighted by molar-refractivity contribution is 0.126. The van der Waals surface area contributed by atoms with Gasteiger partial charge < -0.3 is 10.6 Å². The third kappa shape index (κ3) is 3.76. The van der Waals surface area contributed by atoms with Crippen LogP contribution in [0.2, 0.25) is 0 Å². The van der Waals surface area contributed by atoms with Crippen LogP contribution >= 0.6 is 0 Å². The van der Waals surface area contributed by atoms with E-state index in [1.54, 1.807) is 0 Å². The fourth-order valence-corrected chi connectivity index (χ4v) is 2.37. The molecular weight excluding hydrogens is 228 g/mol. The number of piperazine rings is 1. The summed E-state index contributed by atoms with van der Waals surface area (Å²) in [5.41, 5.74) is 6.54. The maximum Gasteiger partial charge on any atom is 0.0967 e. The average molecular weight is 252 g/mol. The molecule has 18 heavy (non-hydrogen) atoms. The summed E-state index contributed by atoms with van der Waals surface area (Å²) in [5, 5.41) is 8.25. The Hall–Kier alpha value is -0.980. The first kappa shape index (κ1) is 13.5. The van der Waals surface area contributed by atoms with Gasteiger partial charge in [-0.1, -0.05) is 12.1 Å². The summed E-state index contributed by atoms with van der Waals surface area (Å²) in [5.74, 6) is 0. The zero-order chi connectivity index (χ0) is 12.8. The highest BCUT2D eigenvalue weighted by Crippen LogP contribution is 2.06. The van der Waals surface area contributed by atoms with Gasteiger partial charge in [0.1, 0.15) is 0 Å². The van der Waals surface area contributed by atoms with Gasteiger partial charge >= 0.3 is 0 Å². The fraction of sp³-hybridized carbons (Fsp3) is 0.833. The Labute approximate surface area is 109 Å². The largest absolute Gasteiger partial charge is 0.329 e. The normalized spacial score (nSPS) is 18.3. The van der Waals surface area contributed by atoms with E-state index in [0.717, 1.165) is 31.9 Å². The van der Waals surface area contributed by atoms with Crippen LogP contribution in [-0.4, -0.2) is 64.1 Å². The number of aromatic nitrogens is 3. The van der Waals surface area contributed by atoms with Crippen LogP contribution in [0.4, 0.5) is 0 Å². The minimum absolute atomic E-state index is 0.610. The molecule has 0 unspecified atom stereocenters. The second-order valence-electron chi connectivity index (χ2n) is 4.88. The van der Waals surface area contributed by atoms with Gasteiger partial charge in [0.05, 0.1) is 12.2 Å². The smallest absolute Gasteiger partial charge is 0.0967 e. The minimum atomic E-state index is 0.610. The Morgan fingerprint density at radius 3 is 2.56 bits per heavy atom. The predicted molar refractivity (Wildman–Crippen MR) is 71.1 cm³/mol. The minimum Gasteiger partial charge on any atom is -0.329 e. The third-order valence-corrected chi connectivity index (χ3v) is 3.33. The van der Waals surface area contributed by atoms with Crippen molar-refractivity contribution in [1.82, 2.24) is 24.8 Å². The molecule has 2 N–H and O–H groups in total. The molecule has 0 radical (unpaired) electrons. The summed E-state index contributed by atoms with van der Waals surface area (Å²) in [4.78, 5) is 4.98. The quantitative estimate of drug-likeness (QED) is 0.757. The lowest BCUT2D eigenvalue weighted by atomic mass is 10.3. The highest BCUT2D eigenvalue weighted by atomic mass is 15.4. The van der Waals surface area contributed by atoms with E-state index in [-0.39, 0.29) is 0 Å². The highest BCUT2D eigenvalue weighted by Gasteiger charge is 2.17. The van der Waals surface area contributed by atoms with E-state index in [4.69, 9.17) is 5.73 Å². The molecule has 1 aromatic heterocycles. The van der Waals surface area contributed by atoms with Crippen molar-refractivity contribution in [2.24, 2.45) is 5.73 Å². The molecule has 1 aliphatic rings. The van der Waals surface area contributed by atoms with Crippen molar-refractivity contribution >= 4 is 0 Å². The first-order valence-corrected chi connectivity index (χ1v) is 6.85. The fourth-order valence-electron chi connectivity index (χ4n) is 2.37. The van der Waals surface area contributed by atoms with Crippen molar-refractivity contribution in [2.45, 2.75) is 26.4 Å². The molecule has 2 rings (SSSR count). The Kier molecular flexibility index (Phi) is 5.10. The molecule has 0 bridgehead atoms. The van der Waals surface area contributed by atoms with Gasteiger partial charge in [0, 0.05) is 45.5 Å². The first-order chi connectivity index (χ1) is 8.81. The van der Waals surface area contributed by atoms with E-state index in [1.165, 1.54) is 26.1 Å².